The summed E-state index contributed by atoms with van der Waals surface area (Å²) < 4.78 is 15.7. The van der Waals surface area contributed by atoms with E-state index in [-0.39, 0.29) is 0 Å². The van der Waals surface area contributed by atoms with Gasteiger partial charge in [-0.15, -0.1) is 11.3 Å². The molecule has 0 amide bonds. The number of nitrogen functional groups attached to an aromatic ring is 1. The number of fused-ring (bicyclic) bond motifs is 1. The highest BCUT2D eigenvalue weighted by atomic mass is 32.1. The van der Waals surface area contributed by atoms with Gasteiger partial charge in [0, 0.05) is 11.1 Å². The number of hydrogen-bond donors (Lipinski definition) is 1. The molecule has 1 aromatic rings. The maximum absolute atomic E-state index is 9.50. The van der Waals surface area contributed by atoms with E-state index in [1.165, 1.54) is 36.1 Å². The SMILES string of the molecule is C=CN=C(OC1CCCCC1)c1c(N)sc2c1CCC2.CF. The molecule has 2 aliphatic rings. The Hall–Kier alpha value is -1.36. The van der Waals surface area contributed by atoms with Gasteiger partial charge in [0.25, 0.3) is 0 Å². The van der Waals surface area contributed by atoms with Gasteiger partial charge in [-0.2, -0.15) is 0 Å². The van der Waals surface area contributed by atoms with Crippen LogP contribution in [0.25, 0.3) is 0 Å². The van der Waals surface area contributed by atoms with Gasteiger partial charge in [-0.3, -0.25) is 4.39 Å². The van der Waals surface area contributed by atoms with Crippen LogP contribution in [0.4, 0.5) is 9.39 Å². The number of nitrogens with zero attached hydrogens (tertiary/aromatic N) is 1. The second-order valence-electron chi connectivity index (χ2n) is 5.59. The van der Waals surface area contributed by atoms with Crippen molar-refractivity contribution in [2.45, 2.75) is 57.5 Å². The van der Waals surface area contributed by atoms with Gasteiger partial charge in [0.15, 0.2) is 0 Å². The molecule has 5 heteroatoms. The van der Waals surface area contributed by atoms with Crippen LogP contribution in [-0.4, -0.2) is 19.2 Å². The minimum atomic E-state index is 0.291. The van der Waals surface area contributed by atoms with Gasteiger partial charge < -0.3 is 10.5 Å². The molecule has 0 atom stereocenters. The molecule has 0 radical (unpaired) electrons. The lowest BCUT2D eigenvalue weighted by Crippen LogP contribution is -2.22. The summed E-state index contributed by atoms with van der Waals surface area (Å²) in [6, 6.07) is 0. The Morgan fingerprint density at radius 1 is 1.27 bits per heavy atom. The summed E-state index contributed by atoms with van der Waals surface area (Å²) in [5.74, 6) is 0.698. The lowest BCUT2D eigenvalue weighted by molar-refractivity contribution is 0.144. The van der Waals surface area contributed by atoms with E-state index in [0.717, 1.165) is 36.2 Å². The van der Waals surface area contributed by atoms with E-state index in [1.54, 1.807) is 17.5 Å². The van der Waals surface area contributed by atoms with Crippen molar-refractivity contribution in [3.8, 4) is 0 Å². The Labute approximate surface area is 136 Å². The first kappa shape index (κ1) is 17.0. The first-order valence-electron chi connectivity index (χ1n) is 7.93. The summed E-state index contributed by atoms with van der Waals surface area (Å²) >= 11 is 1.70. The number of anilines is 1. The number of aryl methyl sites for hydroxylation is 1. The van der Waals surface area contributed by atoms with E-state index in [1.807, 2.05) is 0 Å². The van der Waals surface area contributed by atoms with Crippen molar-refractivity contribution in [1.29, 1.82) is 0 Å². The number of ether oxygens (including phenoxy) is 1. The van der Waals surface area contributed by atoms with E-state index in [2.05, 4.69) is 11.6 Å². The number of halogens is 1. The lowest BCUT2D eigenvalue weighted by Gasteiger charge is -2.24. The van der Waals surface area contributed by atoms with E-state index in [0.29, 0.717) is 19.2 Å². The molecule has 3 nitrogen and oxygen atoms in total. The molecule has 0 bridgehead atoms. The van der Waals surface area contributed by atoms with Crippen LogP contribution >= 0.6 is 11.3 Å². The summed E-state index contributed by atoms with van der Waals surface area (Å²) in [5.41, 5.74) is 8.63. The predicted molar refractivity (Wildman–Crippen MR) is 92.5 cm³/mol. The highest BCUT2D eigenvalue weighted by Crippen LogP contribution is 2.38. The van der Waals surface area contributed by atoms with E-state index in [9.17, 15) is 4.39 Å². The molecular weight excluding hydrogens is 299 g/mol. The van der Waals surface area contributed by atoms with Crippen LogP contribution in [0.2, 0.25) is 0 Å². The molecule has 1 heterocycles. The van der Waals surface area contributed by atoms with Crippen molar-refractivity contribution >= 4 is 22.2 Å². The van der Waals surface area contributed by atoms with Crippen molar-refractivity contribution in [2.75, 3.05) is 12.9 Å². The number of thiophene rings is 1. The first-order chi connectivity index (χ1) is 10.8. The summed E-state index contributed by atoms with van der Waals surface area (Å²) in [7, 11) is 0.500. The average molecular weight is 324 g/mol. The van der Waals surface area contributed by atoms with Crippen molar-refractivity contribution in [1.82, 2.24) is 0 Å². The van der Waals surface area contributed by atoms with E-state index in [4.69, 9.17) is 10.5 Å². The third-order valence-corrected chi connectivity index (χ3v) is 5.32. The molecule has 3 rings (SSSR count). The van der Waals surface area contributed by atoms with Crippen molar-refractivity contribution in [3.05, 3.63) is 28.8 Å². The summed E-state index contributed by atoms with van der Waals surface area (Å²) in [6.45, 7) is 3.72. The Bertz CT molecular complexity index is 533. The molecule has 0 saturated heterocycles. The Kier molecular flexibility index (Phi) is 6.43. The third kappa shape index (κ3) is 3.69. The fourth-order valence-corrected chi connectivity index (χ4v) is 4.39. The molecule has 0 unspecified atom stereocenters. The summed E-state index contributed by atoms with van der Waals surface area (Å²) in [4.78, 5) is 5.80. The zero-order valence-corrected chi connectivity index (χ0v) is 14.1. The van der Waals surface area contributed by atoms with Gasteiger partial charge in [-0.05, 0) is 50.5 Å². The van der Waals surface area contributed by atoms with Crippen molar-refractivity contribution in [2.24, 2.45) is 4.99 Å². The number of aliphatic imine (C=N–C) groups is 1. The molecule has 122 valence electrons. The summed E-state index contributed by atoms with van der Waals surface area (Å²) in [5, 5.41) is 0.853. The standard InChI is InChI=1S/C16H22N2OS.CH3F/c1-2-18-16(19-11-7-4-3-5-8-11)14-12-9-6-10-13(12)20-15(14)17;1-2/h2,11H,1,3-10,17H2;1H3. The maximum atomic E-state index is 9.50. The monoisotopic (exact) mass is 324 g/mol. The normalized spacial score (nSPS) is 18.4. The first-order valence-corrected chi connectivity index (χ1v) is 8.74. The van der Waals surface area contributed by atoms with Gasteiger partial charge in [0.05, 0.1) is 17.7 Å². The Morgan fingerprint density at radius 2 is 2.00 bits per heavy atom. The molecule has 22 heavy (non-hydrogen) atoms. The molecule has 2 aliphatic carbocycles. The Balaban J connectivity index is 0.000000847. The second-order valence-corrected chi connectivity index (χ2v) is 6.73. The van der Waals surface area contributed by atoms with Gasteiger partial charge in [0.2, 0.25) is 5.90 Å². The van der Waals surface area contributed by atoms with Crippen LogP contribution in [0.15, 0.2) is 17.8 Å². The molecule has 1 aromatic heterocycles. The molecule has 0 spiro atoms. The minimum absolute atomic E-state index is 0.291. The van der Waals surface area contributed by atoms with Gasteiger partial charge in [-0.25, -0.2) is 4.99 Å². The highest BCUT2D eigenvalue weighted by molar-refractivity contribution is 7.16. The second kappa shape index (κ2) is 8.32. The molecule has 2 N–H and O–H groups in total. The smallest absolute Gasteiger partial charge is 0.224 e. The van der Waals surface area contributed by atoms with Gasteiger partial charge in [-0.1, -0.05) is 13.0 Å². The lowest BCUT2D eigenvalue weighted by atomic mass is 9.97. The number of nitrogens with two attached hydrogens (primary N) is 1. The van der Waals surface area contributed by atoms with E-state index >= 15 is 0 Å². The van der Waals surface area contributed by atoms with Crippen molar-refractivity contribution < 1.29 is 9.13 Å². The van der Waals surface area contributed by atoms with Gasteiger partial charge >= 0.3 is 0 Å². The zero-order chi connectivity index (χ0) is 15.9. The van der Waals surface area contributed by atoms with Crippen LogP contribution in [-0.2, 0) is 17.6 Å². The fourth-order valence-electron chi connectivity index (χ4n) is 3.24. The molecule has 1 fully saturated rings. The van der Waals surface area contributed by atoms with Crippen molar-refractivity contribution in [3.63, 3.8) is 0 Å². The number of alkyl halides is 1. The highest BCUT2D eigenvalue weighted by Gasteiger charge is 2.27. The number of rotatable bonds is 3. The average Bonchev–Trinajstić information content (AvgIpc) is 3.10. The van der Waals surface area contributed by atoms with Crippen LogP contribution in [0.3, 0.4) is 0 Å². The van der Waals surface area contributed by atoms with Crippen LogP contribution in [0.1, 0.15) is 54.5 Å². The van der Waals surface area contributed by atoms with E-state index < -0.39 is 0 Å². The molecular formula is C17H25FN2OS. The summed E-state index contributed by atoms with van der Waals surface area (Å²) in [6.07, 6.45) is 11.4. The quantitative estimate of drug-likeness (QED) is 0.650. The fraction of sp³-hybridized carbons (Fsp3) is 0.588. The minimum Gasteiger partial charge on any atom is -0.474 e. The largest absolute Gasteiger partial charge is 0.474 e. The topological polar surface area (TPSA) is 47.6 Å². The van der Waals surface area contributed by atoms with Crippen LogP contribution < -0.4 is 5.73 Å². The number of hydrogen-bond acceptors (Lipinski definition) is 4. The zero-order valence-electron chi connectivity index (χ0n) is 13.2. The Morgan fingerprint density at radius 3 is 2.68 bits per heavy atom. The van der Waals surface area contributed by atoms with Gasteiger partial charge in [0.1, 0.15) is 6.10 Å². The van der Waals surface area contributed by atoms with Crippen LogP contribution in [0.5, 0.6) is 0 Å². The molecule has 0 aliphatic heterocycles. The third-order valence-electron chi connectivity index (χ3n) is 4.20. The molecule has 0 aromatic carbocycles. The predicted octanol–water partition coefficient (Wildman–Crippen LogP) is 4.64. The molecule has 1 saturated carbocycles. The maximum Gasteiger partial charge on any atom is 0.224 e. The van der Waals surface area contributed by atoms with Crippen LogP contribution in [0, 0.1) is 0 Å².